The lowest BCUT2D eigenvalue weighted by atomic mass is 10.0. The van der Waals surface area contributed by atoms with Gasteiger partial charge in [-0.3, -0.25) is 0 Å². The molecule has 0 saturated heterocycles. The number of hydrogen-bond donors (Lipinski definition) is 1. The van der Waals surface area contributed by atoms with E-state index in [0.29, 0.717) is 20.2 Å². The average Bonchev–Trinajstić information content (AvgIpc) is 2.65. The minimum absolute atomic E-state index is 0.417. The third kappa shape index (κ3) is 4.11. The van der Waals surface area contributed by atoms with Crippen molar-refractivity contribution in [1.82, 2.24) is 0 Å². The second kappa shape index (κ2) is 7.85. The second-order valence-corrected chi connectivity index (χ2v) is 7.17. The van der Waals surface area contributed by atoms with Gasteiger partial charge in [-0.25, -0.2) is 4.79 Å². The first-order chi connectivity index (χ1) is 12.1. The smallest absolute Gasteiger partial charge is 0.339 e. The van der Waals surface area contributed by atoms with Crippen LogP contribution in [0.4, 0.5) is 5.69 Å². The van der Waals surface area contributed by atoms with Crippen LogP contribution in [-0.2, 0) is 4.74 Å². The van der Waals surface area contributed by atoms with Gasteiger partial charge in [0.1, 0.15) is 0 Å². The maximum Gasteiger partial charge on any atom is 0.339 e. The van der Waals surface area contributed by atoms with Crippen LogP contribution >= 0.6 is 31.9 Å². The van der Waals surface area contributed by atoms with Gasteiger partial charge in [-0.05, 0) is 55.1 Å². The highest BCUT2D eigenvalue weighted by molar-refractivity contribution is 9.11. The molecule has 3 nitrogen and oxygen atoms in total. The number of nitrogens with two attached hydrogens (primary N) is 1. The van der Waals surface area contributed by atoms with Crippen molar-refractivity contribution < 1.29 is 9.53 Å². The van der Waals surface area contributed by atoms with Crippen LogP contribution in [0.5, 0.6) is 0 Å². The summed E-state index contributed by atoms with van der Waals surface area (Å²) < 4.78 is 7.12. The highest BCUT2D eigenvalue weighted by atomic mass is 79.9. The lowest BCUT2D eigenvalue weighted by molar-refractivity contribution is 0.0378. The summed E-state index contributed by atoms with van der Waals surface area (Å²) in [6.45, 7) is 0. The SMILES string of the molecule is Nc1c(Br)cc(C(=O)OC(c2ccccc2)c2ccccc2)cc1Br. The van der Waals surface area contributed by atoms with E-state index >= 15 is 0 Å². The highest BCUT2D eigenvalue weighted by Gasteiger charge is 2.21. The van der Waals surface area contributed by atoms with Gasteiger partial charge in [0.25, 0.3) is 0 Å². The van der Waals surface area contributed by atoms with Crippen LogP contribution in [0.1, 0.15) is 27.6 Å². The number of hydrogen-bond acceptors (Lipinski definition) is 3. The molecule has 0 aliphatic heterocycles. The molecule has 0 spiro atoms. The Bertz CT molecular complexity index is 820. The van der Waals surface area contributed by atoms with Gasteiger partial charge >= 0.3 is 5.97 Å². The Morgan fingerprint density at radius 1 is 0.840 bits per heavy atom. The molecule has 0 bridgehead atoms. The fraction of sp³-hybridized carbons (Fsp3) is 0.0500. The fourth-order valence-electron chi connectivity index (χ4n) is 2.46. The monoisotopic (exact) mass is 459 g/mol. The summed E-state index contributed by atoms with van der Waals surface area (Å²) in [5.41, 5.74) is 8.68. The summed E-state index contributed by atoms with van der Waals surface area (Å²) in [6.07, 6.45) is -0.481. The standard InChI is InChI=1S/C20H15Br2NO2/c21-16-11-15(12-17(22)18(16)23)20(24)25-19(13-7-3-1-4-8-13)14-9-5-2-6-10-14/h1-12,19H,23H2. The minimum Gasteiger partial charge on any atom is -0.449 e. The number of benzene rings is 3. The summed E-state index contributed by atoms with van der Waals surface area (Å²) >= 11 is 6.72. The van der Waals surface area contributed by atoms with Gasteiger partial charge in [-0.1, -0.05) is 60.7 Å². The predicted octanol–water partition coefficient (Wildman–Crippen LogP) is 5.74. The Hall–Kier alpha value is -2.11. The summed E-state index contributed by atoms with van der Waals surface area (Å²) in [6, 6.07) is 22.7. The summed E-state index contributed by atoms with van der Waals surface area (Å²) in [5.74, 6) is -0.417. The van der Waals surface area contributed by atoms with E-state index in [1.54, 1.807) is 12.1 Å². The summed E-state index contributed by atoms with van der Waals surface area (Å²) in [4.78, 5) is 12.7. The molecule has 0 aliphatic carbocycles. The second-order valence-electron chi connectivity index (χ2n) is 5.46. The van der Waals surface area contributed by atoms with Crippen molar-refractivity contribution in [3.05, 3.63) is 98.4 Å². The van der Waals surface area contributed by atoms with Crippen LogP contribution < -0.4 is 5.73 Å². The Balaban J connectivity index is 1.94. The van der Waals surface area contributed by atoms with Crippen LogP contribution in [0.15, 0.2) is 81.7 Å². The third-order valence-corrected chi connectivity index (χ3v) is 5.06. The van der Waals surface area contributed by atoms with Crippen LogP contribution in [0.3, 0.4) is 0 Å². The molecular weight excluding hydrogens is 446 g/mol. The Kier molecular flexibility index (Phi) is 5.56. The zero-order chi connectivity index (χ0) is 17.8. The number of ether oxygens (including phenoxy) is 1. The van der Waals surface area contributed by atoms with Gasteiger partial charge in [-0.15, -0.1) is 0 Å². The van der Waals surface area contributed by atoms with E-state index in [9.17, 15) is 4.79 Å². The van der Waals surface area contributed by atoms with Crippen LogP contribution in [0.2, 0.25) is 0 Å². The van der Waals surface area contributed by atoms with Gasteiger partial charge in [-0.2, -0.15) is 0 Å². The maximum atomic E-state index is 12.7. The maximum absolute atomic E-state index is 12.7. The first-order valence-corrected chi connectivity index (χ1v) is 9.20. The zero-order valence-corrected chi connectivity index (χ0v) is 16.3. The van der Waals surface area contributed by atoms with E-state index in [1.807, 2.05) is 60.7 Å². The van der Waals surface area contributed by atoms with E-state index < -0.39 is 12.1 Å². The van der Waals surface area contributed by atoms with E-state index in [4.69, 9.17) is 10.5 Å². The predicted molar refractivity (Wildman–Crippen MR) is 106 cm³/mol. The van der Waals surface area contributed by atoms with Gasteiger partial charge < -0.3 is 10.5 Å². The molecule has 2 N–H and O–H groups in total. The molecule has 0 atom stereocenters. The molecule has 126 valence electrons. The van der Waals surface area contributed by atoms with E-state index in [1.165, 1.54) is 0 Å². The number of carbonyl (C=O) groups is 1. The third-order valence-electron chi connectivity index (χ3n) is 3.74. The first-order valence-electron chi connectivity index (χ1n) is 7.61. The summed E-state index contributed by atoms with van der Waals surface area (Å²) in [7, 11) is 0. The van der Waals surface area contributed by atoms with Crippen molar-refractivity contribution in [2.24, 2.45) is 0 Å². The van der Waals surface area contributed by atoms with Crippen molar-refractivity contribution in [2.75, 3.05) is 5.73 Å². The molecule has 0 heterocycles. The fourth-order valence-corrected chi connectivity index (χ4v) is 3.65. The topological polar surface area (TPSA) is 52.3 Å². The molecule has 3 rings (SSSR count). The molecule has 0 fully saturated rings. The molecule has 0 radical (unpaired) electrons. The molecule has 25 heavy (non-hydrogen) atoms. The van der Waals surface area contributed by atoms with Crippen LogP contribution in [0.25, 0.3) is 0 Å². The number of anilines is 1. The van der Waals surface area contributed by atoms with Crippen molar-refractivity contribution in [3.8, 4) is 0 Å². The summed E-state index contributed by atoms with van der Waals surface area (Å²) in [5, 5.41) is 0. The van der Waals surface area contributed by atoms with Crippen molar-refractivity contribution >= 4 is 43.5 Å². The largest absolute Gasteiger partial charge is 0.449 e. The number of esters is 1. The van der Waals surface area contributed by atoms with Gasteiger partial charge in [0, 0.05) is 8.95 Å². The highest BCUT2D eigenvalue weighted by Crippen LogP contribution is 2.32. The molecular formula is C20H15Br2NO2. The molecule has 5 heteroatoms. The molecule has 0 aromatic heterocycles. The van der Waals surface area contributed by atoms with E-state index in [0.717, 1.165) is 11.1 Å². The lowest BCUT2D eigenvalue weighted by Crippen LogP contribution is -2.13. The quantitative estimate of drug-likeness (QED) is 0.399. The molecule has 0 saturated carbocycles. The Morgan fingerprint density at radius 3 is 1.72 bits per heavy atom. The Labute approximate surface area is 163 Å². The van der Waals surface area contributed by atoms with E-state index in [-0.39, 0.29) is 0 Å². The van der Waals surface area contributed by atoms with Crippen LogP contribution in [0, 0.1) is 0 Å². The molecule has 0 aliphatic rings. The van der Waals surface area contributed by atoms with Crippen LogP contribution in [-0.4, -0.2) is 5.97 Å². The minimum atomic E-state index is -0.481. The number of halogens is 2. The number of nitrogen functional groups attached to an aromatic ring is 1. The van der Waals surface area contributed by atoms with Crippen molar-refractivity contribution in [3.63, 3.8) is 0 Å². The van der Waals surface area contributed by atoms with Gasteiger partial charge in [0.05, 0.1) is 11.3 Å². The van der Waals surface area contributed by atoms with E-state index in [2.05, 4.69) is 31.9 Å². The first kappa shape index (κ1) is 17.7. The van der Waals surface area contributed by atoms with Gasteiger partial charge in [0.2, 0.25) is 0 Å². The van der Waals surface area contributed by atoms with Crippen molar-refractivity contribution in [1.29, 1.82) is 0 Å². The molecule has 0 amide bonds. The molecule has 3 aromatic carbocycles. The lowest BCUT2D eigenvalue weighted by Gasteiger charge is -2.19. The number of rotatable bonds is 4. The zero-order valence-electron chi connectivity index (χ0n) is 13.2. The normalized spacial score (nSPS) is 10.7. The molecule has 3 aromatic rings. The Morgan fingerprint density at radius 2 is 1.28 bits per heavy atom. The molecule has 0 unspecified atom stereocenters. The van der Waals surface area contributed by atoms with Gasteiger partial charge in [0.15, 0.2) is 6.10 Å². The number of carbonyl (C=O) groups excluding carboxylic acids is 1. The van der Waals surface area contributed by atoms with Crippen molar-refractivity contribution in [2.45, 2.75) is 6.10 Å². The average molecular weight is 461 g/mol.